The number of hydrogen-bond donors (Lipinski definition) is 1. The fraction of sp³-hybridized carbons (Fsp3) is 0.0351. The van der Waals surface area contributed by atoms with Crippen molar-refractivity contribution in [3.05, 3.63) is 200 Å². The maximum absolute atomic E-state index is 6.43. The first-order chi connectivity index (χ1) is 29.1. The molecule has 11 aromatic carbocycles. The summed E-state index contributed by atoms with van der Waals surface area (Å²) < 4.78 is 0. The van der Waals surface area contributed by atoms with Crippen molar-refractivity contribution in [3.63, 3.8) is 0 Å². The molecular weight excluding hydrogens is 713 g/mol. The van der Waals surface area contributed by atoms with Gasteiger partial charge in [0.15, 0.2) is 0 Å². The zero-order valence-electron chi connectivity index (χ0n) is 32.6. The lowest BCUT2D eigenvalue weighted by molar-refractivity contribution is 0.818. The molecule has 2 nitrogen and oxygen atoms in total. The average molecular weight is 751 g/mol. The summed E-state index contributed by atoms with van der Waals surface area (Å²) in [6.07, 6.45) is 0. The monoisotopic (exact) mass is 750 g/mol. The van der Waals surface area contributed by atoms with Crippen molar-refractivity contribution in [2.75, 3.05) is 0 Å². The molecular formula is C57H38N2. The maximum atomic E-state index is 6.43. The van der Waals surface area contributed by atoms with Gasteiger partial charge in [-0.25, -0.2) is 4.98 Å². The van der Waals surface area contributed by atoms with Gasteiger partial charge in [-0.1, -0.05) is 164 Å². The summed E-state index contributed by atoms with van der Waals surface area (Å²) in [5.74, 6) is 0. The molecule has 1 unspecified atom stereocenters. The first-order valence-electron chi connectivity index (χ1n) is 20.5. The number of pyridine rings is 1. The molecule has 0 bridgehead atoms. The molecule has 1 heterocycles. The lowest BCUT2D eigenvalue weighted by atomic mass is 9.87. The Morgan fingerprint density at radius 2 is 0.729 bits per heavy atom. The quantitative estimate of drug-likeness (QED) is 0.182. The Labute approximate surface area is 341 Å². The van der Waals surface area contributed by atoms with Gasteiger partial charge in [-0.3, -0.25) is 0 Å². The van der Waals surface area contributed by atoms with Gasteiger partial charge in [0.25, 0.3) is 0 Å². The summed E-state index contributed by atoms with van der Waals surface area (Å²) in [5, 5.41) is 18.7. The van der Waals surface area contributed by atoms with Gasteiger partial charge in [-0.05, 0) is 135 Å². The first-order valence-corrected chi connectivity index (χ1v) is 20.5. The Hall–Kier alpha value is -7.39. The highest BCUT2D eigenvalue weighted by Crippen LogP contribution is 2.44. The van der Waals surface area contributed by atoms with Crippen LogP contribution in [0.25, 0.3) is 120 Å². The molecule has 2 heteroatoms. The van der Waals surface area contributed by atoms with Gasteiger partial charge < -0.3 is 5.73 Å². The fourth-order valence-corrected chi connectivity index (χ4v) is 9.81. The molecule has 0 aliphatic rings. The molecule has 0 radical (unpaired) electrons. The van der Waals surface area contributed by atoms with Crippen LogP contribution in [-0.4, -0.2) is 4.98 Å². The second-order valence-corrected chi connectivity index (χ2v) is 16.0. The smallest absolute Gasteiger partial charge is 0.0794 e. The lowest BCUT2D eigenvalue weighted by Crippen LogP contribution is -2.04. The van der Waals surface area contributed by atoms with Crippen LogP contribution in [-0.2, 0) is 0 Å². The normalized spacial score (nSPS) is 12.5. The Kier molecular flexibility index (Phi) is 7.47. The SMILES string of the molecule is CC(N)c1cccc(-c2cc(-c3ccc4c5ccccc5c5ccccc5c4c3)c3cc(-c4ccc5c6ccccc6c6ccccc6c5c4)c4ccccc4c3n2)c1. The number of hydrogen-bond acceptors (Lipinski definition) is 2. The number of rotatable bonds is 4. The number of fused-ring (bicyclic) bond motifs is 15. The van der Waals surface area contributed by atoms with Crippen LogP contribution in [0.15, 0.2) is 194 Å². The first kappa shape index (κ1) is 33.7. The van der Waals surface area contributed by atoms with Crippen LogP contribution in [0.2, 0.25) is 0 Å². The van der Waals surface area contributed by atoms with Crippen molar-refractivity contribution in [2.24, 2.45) is 5.73 Å². The summed E-state index contributed by atoms with van der Waals surface area (Å²) >= 11 is 0. The minimum absolute atomic E-state index is 0.0843. The minimum atomic E-state index is -0.0843. The van der Waals surface area contributed by atoms with Gasteiger partial charge in [0.1, 0.15) is 0 Å². The van der Waals surface area contributed by atoms with E-state index < -0.39 is 0 Å². The Bertz CT molecular complexity index is 3640. The van der Waals surface area contributed by atoms with E-state index >= 15 is 0 Å². The van der Waals surface area contributed by atoms with E-state index in [1.807, 2.05) is 6.92 Å². The van der Waals surface area contributed by atoms with Crippen LogP contribution in [0.3, 0.4) is 0 Å². The van der Waals surface area contributed by atoms with Gasteiger partial charge in [0.2, 0.25) is 0 Å². The number of benzene rings is 11. The third-order valence-corrected chi connectivity index (χ3v) is 12.6. The lowest BCUT2D eigenvalue weighted by Gasteiger charge is -2.18. The number of aromatic nitrogens is 1. The topological polar surface area (TPSA) is 38.9 Å². The van der Waals surface area contributed by atoms with Crippen molar-refractivity contribution >= 4 is 86.3 Å². The highest BCUT2D eigenvalue weighted by molar-refractivity contribution is 6.28. The van der Waals surface area contributed by atoms with E-state index in [-0.39, 0.29) is 6.04 Å². The van der Waals surface area contributed by atoms with Crippen LogP contribution in [0.5, 0.6) is 0 Å². The van der Waals surface area contributed by atoms with E-state index in [0.717, 1.165) is 44.2 Å². The molecule has 0 saturated heterocycles. The van der Waals surface area contributed by atoms with E-state index in [2.05, 4.69) is 194 Å². The second-order valence-electron chi connectivity index (χ2n) is 16.0. The van der Waals surface area contributed by atoms with Crippen molar-refractivity contribution in [1.82, 2.24) is 4.98 Å². The molecule has 276 valence electrons. The Balaban J connectivity index is 1.18. The van der Waals surface area contributed by atoms with Crippen molar-refractivity contribution < 1.29 is 0 Å². The predicted molar refractivity (Wildman–Crippen MR) is 253 cm³/mol. The summed E-state index contributed by atoms with van der Waals surface area (Å²) in [7, 11) is 0. The number of nitrogens with two attached hydrogens (primary N) is 1. The second kappa shape index (κ2) is 13.1. The van der Waals surface area contributed by atoms with Gasteiger partial charge in [-0.2, -0.15) is 0 Å². The molecule has 1 atom stereocenters. The van der Waals surface area contributed by atoms with Crippen molar-refractivity contribution in [3.8, 4) is 33.5 Å². The molecule has 0 spiro atoms. The van der Waals surface area contributed by atoms with Gasteiger partial charge in [-0.15, -0.1) is 0 Å². The highest BCUT2D eigenvalue weighted by atomic mass is 14.7. The van der Waals surface area contributed by atoms with E-state index in [0.29, 0.717) is 0 Å². The molecule has 0 fully saturated rings. The van der Waals surface area contributed by atoms with E-state index in [1.54, 1.807) is 0 Å². The van der Waals surface area contributed by atoms with Gasteiger partial charge in [0, 0.05) is 22.4 Å². The van der Waals surface area contributed by atoms with Gasteiger partial charge >= 0.3 is 0 Å². The molecule has 0 aliphatic heterocycles. The zero-order valence-corrected chi connectivity index (χ0v) is 32.6. The average Bonchev–Trinajstić information content (AvgIpc) is 3.31. The summed E-state index contributed by atoms with van der Waals surface area (Å²) in [4.78, 5) is 5.53. The van der Waals surface area contributed by atoms with E-state index in [4.69, 9.17) is 10.7 Å². The molecule has 0 saturated carbocycles. The van der Waals surface area contributed by atoms with Crippen LogP contribution >= 0.6 is 0 Å². The molecule has 12 rings (SSSR count). The Morgan fingerprint density at radius 3 is 1.20 bits per heavy atom. The number of nitrogens with zero attached hydrogens (tertiary/aromatic N) is 1. The highest BCUT2D eigenvalue weighted by Gasteiger charge is 2.19. The predicted octanol–water partition coefficient (Wildman–Crippen LogP) is 15.3. The van der Waals surface area contributed by atoms with Crippen molar-refractivity contribution in [1.29, 1.82) is 0 Å². The van der Waals surface area contributed by atoms with Crippen molar-refractivity contribution in [2.45, 2.75) is 13.0 Å². The van der Waals surface area contributed by atoms with Crippen LogP contribution in [0, 0.1) is 0 Å². The molecule has 12 aromatic rings. The largest absolute Gasteiger partial charge is 0.324 e. The summed E-state index contributed by atoms with van der Waals surface area (Å²) in [6.45, 7) is 2.04. The van der Waals surface area contributed by atoms with E-state index in [1.165, 1.54) is 81.1 Å². The standard InChI is InChI=1S/C57H38N2/c1-34(58)35-13-12-14-38(29-35)56-33-52(37-26-28-49-44-20-5-3-16-40(44)42-18-7-9-22-46(42)54(49)31-37)55-32-51(47-23-10-11-24-50(47)57(55)59-56)36-25-27-48-43-19-4-2-15-39(43)41-17-6-8-21-45(41)53(48)30-36/h2-34H,58H2,1H3. The Morgan fingerprint density at radius 1 is 0.322 bits per heavy atom. The molecule has 2 N–H and O–H groups in total. The third-order valence-electron chi connectivity index (χ3n) is 12.6. The summed E-state index contributed by atoms with van der Waals surface area (Å²) in [5.41, 5.74) is 15.2. The van der Waals surface area contributed by atoms with Crippen LogP contribution in [0.4, 0.5) is 0 Å². The summed E-state index contributed by atoms with van der Waals surface area (Å²) in [6, 6.07) is 71.3. The van der Waals surface area contributed by atoms with E-state index in [9.17, 15) is 0 Å². The van der Waals surface area contributed by atoms with Crippen LogP contribution in [0.1, 0.15) is 18.5 Å². The third kappa shape index (κ3) is 5.20. The molecule has 0 aliphatic carbocycles. The molecule has 1 aromatic heterocycles. The molecule has 59 heavy (non-hydrogen) atoms. The zero-order chi connectivity index (χ0) is 39.2. The fourth-order valence-electron chi connectivity index (χ4n) is 9.81. The van der Waals surface area contributed by atoms with Gasteiger partial charge in [0.05, 0.1) is 11.2 Å². The van der Waals surface area contributed by atoms with Crippen LogP contribution < -0.4 is 5.73 Å². The minimum Gasteiger partial charge on any atom is -0.324 e. The molecule has 0 amide bonds. The maximum Gasteiger partial charge on any atom is 0.0794 e.